The highest BCUT2D eigenvalue weighted by molar-refractivity contribution is 6.30. The number of carbonyl (C=O) groups is 1. The maximum absolute atomic E-state index is 14.3. The highest BCUT2D eigenvalue weighted by atomic mass is 35.5. The van der Waals surface area contributed by atoms with E-state index in [1.807, 2.05) is 25.1 Å². The summed E-state index contributed by atoms with van der Waals surface area (Å²) in [5.74, 6) is 3.14. The van der Waals surface area contributed by atoms with Gasteiger partial charge in [0.05, 0.1) is 11.1 Å². The number of hydrogen-bond donors (Lipinski definition) is 0. The predicted molar refractivity (Wildman–Crippen MR) is 181 cm³/mol. The largest absolute Gasteiger partial charge is 0.460 e. The molecular formula is C40H53ClN2O2. The molecule has 3 fully saturated rings. The van der Waals surface area contributed by atoms with Crippen molar-refractivity contribution in [3.63, 3.8) is 0 Å². The lowest BCUT2D eigenvalue weighted by molar-refractivity contribution is -0.184. The summed E-state index contributed by atoms with van der Waals surface area (Å²) in [6.45, 7) is 19.8. The van der Waals surface area contributed by atoms with E-state index in [0.29, 0.717) is 35.4 Å². The van der Waals surface area contributed by atoms with Crippen LogP contribution in [0.3, 0.4) is 0 Å². The molecule has 5 aliphatic rings. The van der Waals surface area contributed by atoms with Crippen LogP contribution in [0.15, 0.2) is 42.0 Å². The molecule has 0 spiro atoms. The molecule has 7 rings (SSSR count). The Balaban J connectivity index is 1.28. The first-order valence-electron chi connectivity index (χ1n) is 17.6. The van der Waals surface area contributed by atoms with Crippen LogP contribution in [0.25, 0.3) is 0 Å². The summed E-state index contributed by atoms with van der Waals surface area (Å²) in [6, 6.07) is 10.2. The number of rotatable bonds is 3. The summed E-state index contributed by atoms with van der Waals surface area (Å²) < 4.78 is 6.23. The Morgan fingerprint density at radius 2 is 1.69 bits per heavy atom. The number of nitrogens with zero attached hydrogens (tertiary/aromatic N) is 2. The average molecular weight is 629 g/mol. The molecule has 1 heterocycles. The van der Waals surface area contributed by atoms with Crippen LogP contribution in [0.2, 0.25) is 5.15 Å². The van der Waals surface area contributed by atoms with Gasteiger partial charge in [-0.2, -0.15) is 0 Å². The van der Waals surface area contributed by atoms with E-state index in [1.165, 1.54) is 24.1 Å². The van der Waals surface area contributed by atoms with E-state index in [4.69, 9.17) is 21.3 Å². The molecule has 0 radical (unpaired) electrons. The maximum atomic E-state index is 14.3. The van der Waals surface area contributed by atoms with Crippen molar-refractivity contribution in [3.8, 4) is 0 Å². The normalized spacial score (nSPS) is 41.4. The van der Waals surface area contributed by atoms with Crippen LogP contribution in [0.5, 0.6) is 0 Å². The smallest absolute Gasteiger partial charge is 0.313 e. The summed E-state index contributed by atoms with van der Waals surface area (Å²) in [6.07, 6.45) is 11.1. The van der Waals surface area contributed by atoms with E-state index in [9.17, 15) is 4.79 Å². The molecule has 0 saturated heterocycles. The Labute approximate surface area is 276 Å². The summed E-state index contributed by atoms with van der Waals surface area (Å²) in [5.41, 5.74) is 4.76. The van der Waals surface area contributed by atoms with Crippen LogP contribution in [-0.2, 0) is 28.0 Å². The molecule has 0 N–H and O–H groups in total. The minimum absolute atomic E-state index is 0.0385. The van der Waals surface area contributed by atoms with Crippen molar-refractivity contribution < 1.29 is 9.53 Å². The minimum atomic E-state index is -0.426. The van der Waals surface area contributed by atoms with E-state index >= 15 is 0 Å². The summed E-state index contributed by atoms with van der Waals surface area (Å²) >= 11 is 6.92. The lowest BCUT2D eigenvalue weighted by Gasteiger charge is -2.71. The number of hydrogen-bond acceptors (Lipinski definition) is 4. The summed E-state index contributed by atoms with van der Waals surface area (Å²) in [4.78, 5) is 24.0. The molecule has 3 saturated carbocycles. The molecule has 4 nitrogen and oxygen atoms in total. The van der Waals surface area contributed by atoms with Crippen molar-refractivity contribution >= 4 is 17.6 Å². The van der Waals surface area contributed by atoms with Gasteiger partial charge in [-0.1, -0.05) is 102 Å². The third-order valence-corrected chi connectivity index (χ3v) is 15.3. The Hall–Kier alpha value is -2.20. The highest BCUT2D eigenvalue weighted by Crippen LogP contribution is 2.75. The van der Waals surface area contributed by atoms with Crippen LogP contribution < -0.4 is 0 Å². The van der Waals surface area contributed by atoms with Gasteiger partial charge in [-0.05, 0) is 110 Å². The van der Waals surface area contributed by atoms with Crippen LogP contribution in [0.1, 0.15) is 116 Å². The number of halogens is 1. The first-order chi connectivity index (χ1) is 21.2. The molecule has 5 heteroatoms. The zero-order chi connectivity index (χ0) is 32.2. The van der Waals surface area contributed by atoms with Gasteiger partial charge < -0.3 is 4.74 Å². The number of esters is 1. The molecule has 5 aliphatic carbocycles. The van der Waals surface area contributed by atoms with Crippen molar-refractivity contribution in [1.82, 2.24) is 9.97 Å². The number of carbonyl (C=O) groups excluding carboxylic acids is 1. The Morgan fingerprint density at radius 1 is 0.956 bits per heavy atom. The number of aryl methyl sites for hydroxylation is 1. The first kappa shape index (κ1) is 31.4. The van der Waals surface area contributed by atoms with E-state index in [0.717, 1.165) is 49.9 Å². The molecule has 1 aromatic carbocycles. The topological polar surface area (TPSA) is 52.1 Å². The molecule has 9 atom stereocenters. The first-order valence-corrected chi connectivity index (χ1v) is 18.0. The van der Waals surface area contributed by atoms with Gasteiger partial charge in [0.25, 0.3) is 0 Å². The molecule has 0 unspecified atom stereocenters. The lowest BCUT2D eigenvalue weighted by atomic mass is 9.33. The molecule has 0 amide bonds. The molecular weight excluding hydrogens is 576 g/mol. The van der Waals surface area contributed by atoms with Crippen LogP contribution >= 0.6 is 11.6 Å². The third-order valence-electron chi connectivity index (χ3n) is 15.0. The standard InChI is InChI=1S/C40H53ClN2O2/c1-24-16-19-40(35(44)45-23-27-12-10-9-11-13-27)21-20-38(7)29(32(40)25(24)2)14-15-31-37(6)22-28-33(42-26(3)43-34(28)41)36(4,5)30(37)17-18-39(31,38)8/h9-14,24-25,30-32H,15-23H2,1-8H3/t24-,25-,30+,31-,32-,37+,38+,39-,40-/m0/s1. The molecule has 0 bridgehead atoms. The lowest BCUT2D eigenvalue weighted by Crippen LogP contribution is -2.65. The Bertz CT molecular complexity index is 1550. The fourth-order valence-electron chi connectivity index (χ4n) is 12.3. The van der Waals surface area contributed by atoms with E-state index in [2.05, 4.69) is 71.7 Å². The van der Waals surface area contributed by atoms with Crippen LogP contribution in [0.4, 0.5) is 0 Å². The zero-order valence-corrected chi connectivity index (χ0v) is 29.6. The van der Waals surface area contributed by atoms with Gasteiger partial charge in [-0.15, -0.1) is 0 Å². The molecule has 2 aromatic rings. The van der Waals surface area contributed by atoms with Crippen molar-refractivity contribution in [2.45, 2.75) is 119 Å². The molecule has 45 heavy (non-hydrogen) atoms. The van der Waals surface area contributed by atoms with Crippen molar-refractivity contribution in [2.75, 3.05) is 0 Å². The zero-order valence-electron chi connectivity index (χ0n) is 28.8. The average Bonchev–Trinajstić information content (AvgIpc) is 2.99. The predicted octanol–water partition coefficient (Wildman–Crippen LogP) is 9.85. The van der Waals surface area contributed by atoms with Gasteiger partial charge in [0.2, 0.25) is 0 Å². The molecule has 0 aliphatic heterocycles. The van der Waals surface area contributed by atoms with Crippen molar-refractivity contribution in [1.29, 1.82) is 0 Å². The summed E-state index contributed by atoms with van der Waals surface area (Å²) in [5, 5.41) is 0.650. The maximum Gasteiger partial charge on any atom is 0.313 e. The fraction of sp³-hybridized carbons (Fsp3) is 0.675. The quantitative estimate of drug-likeness (QED) is 0.193. The van der Waals surface area contributed by atoms with Gasteiger partial charge in [0.15, 0.2) is 0 Å². The van der Waals surface area contributed by atoms with Gasteiger partial charge in [-0.25, -0.2) is 9.97 Å². The number of aromatic nitrogens is 2. The number of ether oxygens (including phenoxy) is 1. The van der Waals surface area contributed by atoms with E-state index in [-0.39, 0.29) is 33.5 Å². The second-order valence-electron chi connectivity index (χ2n) is 17.2. The van der Waals surface area contributed by atoms with Gasteiger partial charge in [-0.3, -0.25) is 4.79 Å². The SMILES string of the molecule is Cc1nc(Cl)c2c(n1)C(C)(C)[C@H]1CC[C@@]3(C)[C@@H](CC=C4[C@@H]5[C@@H](C)[C@@H](C)CC[C@]5(C(=O)OCc5ccccc5)CC[C@]43C)[C@]1(C)C2. The number of allylic oxidation sites excluding steroid dienone is 2. The van der Waals surface area contributed by atoms with Gasteiger partial charge in [0, 0.05) is 11.0 Å². The summed E-state index contributed by atoms with van der Waals surface area (Å²) in [7, 11) is 0. The molecule has 242 valence electrons. The van der Waals surface area contributed by atoms with Crippen molar-refractivity contribution in [3.05, 3.63) is 69.8 Å². The van der Waals surface area contributed by atoms with Gasteiger partial charge in [0.1, 0.15) is 17.6 Å². The monoisotopic (exact) mass is 628 g/mol. The van der Waals surface area contributed by atoms with Gasteiger partial charge >= 0.3 is 5.97 Å². The van der Waals surface area contributed by atoms with Crippen LogP contribution in [0, 0.1) is 58.2 Å². The van der Waals surface area contributed by atoms with Crippen molar-refractivity contribution in [2.24, 2.45) is 51.2 Å². The minimum Gasteiger partial charge on any atom is -0.460 e. The molecule has 1 aromatic heterocycles. The van der Waals surface area contributed by atoms with E-state index < -0.39 is 5.41 Å². The second kappa shape index (κ2) is 10.4. The second-order valence-corrected chi connectivity index (χ2v) is 17.5. The Kier molecular flexibility index (Phi) is 7.26. The fourth-order valence-corrected chi connectivity index (χ4v) is 12.6. The Morgan fingerprint density at radius 3 is 2.42 bits per heavy atom. The highest BCUT2D eigenvalue weighted by Gasteiger charge is 2.69. The van der Waals surface area contributed by atoms with E-state index in [1.54, 1.807) is 5.57 Å². The number of benzene rings is 1. The third kappa shape index (κ3) is 4.25. The number of fused-ring (bicyclic) bond motifs is 8. The van der Waals surface area contributed by atoms with Crippen LogP contribution in [-0.4, -0.2) is 15.9 Å².